The van der Waals surface area contributed by atoms with Crippen LogP contribution in [0.1, 0.15) is 105 Å². The molecule has 460 valence electrons. The van der Waals surface area contributed by atoms with E-state index in [2.05, 4.69) is 0 Å². The predicted octanol–water partition coefficient (Wildman–Crippen LogP) is 1.92. The first-order valence-electron chi connectivity index (χ1n) is 28.8. The van der Waals surface area contributed by atoms with E-state index in [4.69, 9.17) is 61.6 Å². The van der Waals surface area contributed by atoms with Crippen LogP contribution in [0.5, 0.6) is 0 Å². The third kappa shape index (κ3) is 11.4. The molecule has 0 bridgehead atoms. The van der Waals surface area contributed by atoms with Crippen molar-refractivity contribution in [1.82, 2.24) is 0 Å². The highest BCUT2D eigenvalue weighted by atomic mass is 16.8. The molecular formula is C59H86O23. The van der Waals surface area contributed by atoms with E-state index >= 15 is 0 Å². The van der Waals surface area contributed by atoms with Crippen molar-refractivity contribution in [1.29, 1.82) is 0 Å². The van der Waals surface area contributed by atoms with E-state index in [1.54, 1.807) is 34.0 Å². The Morgan fingerprint density at radius 1 is 0.683 bits per heavy atom. The van der Waals surface area contributed by atoms with Gasteiger partial charge in [-0.25, -0.2) is 4.79 Å². The van der Waals surface area contributed by atoms with Gasteiger partial charge in [0.15, 0.2) is 25.2 Å². The van der Waals surface area contributed by atoms with E-state index < -0.39 is 175 Å². The number of carbonyl (C=O) groups is 3. The molecule has 1 aromatic rings. The van der Waals surface area contributed by atoms with Gasteiger partial charge in [0.2, 0.25) is 0 Å². The second-order valence-electron chi connectivity index (χ2n) is 24.2. The van der Waals surface area contributed by atoms with Crippen LogP contribution in [-0.4, -0.2) is 222 Å². The van der Waals surface area contributed by atoms with Gasteiger partial charge in [0.1, 0.15) is 84.1 Å². The van der Waals surface area contributed by atoms with Crippen molar-refractivity contribution in [3.8, 4) is 0 Å². The Kier molecular flexibility index (Phi) is 19.3. The minimum Gasteiger partial charge on any atom is -0.458 e. The Hall–Kier alpha value is -3.41. The van der Waals surface area contributed by atoms with Gasteiger partial charge in [0.25, 0.3) is 0 Å². The fourth-order valence-corrected chi connectivity index (χ4v) is 15.3. The van der Waals surface area contributed by atoms with E-state index in [1.807, 2.05) is 50.3 Å². The highest BCUT2D eigenvalue weighted by Crippen LogP contribution is 2.70. The summed E-state index contributed by atoms with van der Waals surface area (Å²) in [5.41, 5.74) is -4.60. The highest BCUT2D eigenvalue weighted by molar-refractivity contribution is 5.87. The van der Waals surface area contributed by atoms with Gasteiger partial charge in [-0.3, -0.25) is 9.59 Å². The van der Waals surface area contributed by atoms with E-state index in [1.165, 1.54) is 34.1 Å². The fourth-order valence-electron chi connectivity index (χ4n) is 15.3. The molecule has 4 aliphatic heterocycles. The second-order valence-corrected chi connectivity index (χ2v) is 24.2. The molecular weight excluding hydrogens is 1080 g/mol. The molecule has 4 heterocycles. The van der Waals surface area contributed by atoms with Crippen molar-refractivity contribution in [3.63, 3.8) is 0 Å². The van der Waals surface area contributed by atoms with Crippen LogP contribution in [0.25, 0.3) is 6.08 Å². The number of benzene rings is 1. The average Bonchev–Trinajstić information content (AvgIpc) is 3.11. The van der Waals surface area contributed by atoms with Gasteiger partial charge in [-0.1, -0.05) is 55.8 Å². The molecule has 4 saturated heterocycles. The topological polar surface area (TPSA) is 313 Å². The number of ether oxygens (including phenoxy) is 13. The number of aliphatic hydroxyl groups is 7. The number of esters is 2. The standard InChI is InChI=1S/C59H86O23/c1-28(61)36-20-23-59(69)57(36,7)53(76-32(5)62)51(79-40(63)17-16-33-14-12-11-13-15-33)52-56(6)21-19-35(24-34(56)18-22-58(52,59)68)77-41-25-37(70-8)47(29(2)73-41)80-42-26-38(71-9)48(30(3)74-42)81-55-46(67)50(72-10)49(31(4)75-55)82-54-45(66)44(65)43(64)39(27-60)78-54/h11-18,29-31,35-39,41-55,60,64-69H,19-27H2,1-10H3/b17-16+/t29-,30-,31-,35+,36-,37+,38-,39-,41+,42+,43-,44+,45-,46-,47-,48-,49-,50+,51+,52-,53-,54+,55+,56+,57-,58+,59-/m1/s1. The molecule has 0 amide bonds. The van der Waals surface area contributed by atoms with Crippen molar-refractivity contribution >= 4 is 23.8 Å². The van der Waals surface area contributed by atoms with Crippen LogP contribution in [0, 0.1) is 22.7 Å². The number of rotatable bonds is 17. The zero-order chi connectivity index (χ0) is 59.4. The molecule has 4 aliphatic carbocycles. The van der Waals surface area contributed by atoms with Crippen LogP contribution in [-0.2, 0) is 76.0 Å². The maximum atomic E-state index is 14.0. The first kappa shape index (κ1) is 63.1. The molecule has 7 fully saturated rings. The monoisotopic (exact) mass is 1160 g/mol. The Bertz CT molecular complexity index is 2440. The molecule has 82 heavy (non-hydrogen) atoms. The summed E-state index contributed by atoms with van der Waals surface area (Å²) >= 11 is 0. The van der Waals surface area contributed by atoms with Gasteiger partial charge < -0.3 is 97.3 Å². The third-order valence-corrected chi connectivity index (χ3v) is 19.6. The molecule has 9 rings (SSSR count). The summed E-state index contributed by atoms with van der Waals surface area (Å²) in [5, 5.41) is 78.9. The van der Waals surface area contributed by atoms with E-state index in [0.717, 1.165) is 11.1 Å². The number of fused-ring (bicyclic) bond motifs is 5. The number of carbonyl (C=O) groups excluding carboxylic acids is 3. The SMILES string of the molecule is CO[C@H]1[C@@H](O)[C@H](O[C@@H]2[C@@H](C)O[C@@H](O[C@H]3[C@@H](OC)C[C@H](O[C@H]4CC[C@@]5(C)C(=CC[C@]6(O)[C@@H]5[C@H](OC(=O)/C=C/c5ccccc5)[C@@H](OC(C)=O)[C@@]5(C)[C@@H](C(C)=O)CC[C@@]56O)C4)O[C@@H]3C)C[C@H]2OC)O[C@H](C)[C@H]1O[C@@H]1O[C@H](CO)[C@@H](O)[C@H](O)[C@H]1O. The average molecular weight is 1160 g/mol. The summed E-state index contributed by atoms with van der Waals surface area (Å²) in [6, 6.07) is 9.19. The smallest absolute Gasteiger partial charge is 0.331 e. The van der Waals surface area contributed by atoms with E-state index in [0.29, 0.717) is 25.7 Å². The molecule has 23 heteroatoms. The molecule has 23 nitrogen and oxygen atoms in total. The second kappa shape index (κ2) is 25.1. The lowest BCUT2D eigenvalue weighted by atomic mass is 9.42. The molecule has 27 atom stereocenters. The summed E-state index contributed by atoms with van der Waals surface area (Å²) in [6.45, 7) is 11.0. The van der Waals surface area contributed by atoms with Crippen LogP contribution in [0.3, 0.4) is 0 Å². The first-order chi connectivity index (χ1) is 38.9. The van der Waals surface area contributed by atoms with E-state index in [9.17, 15) is 50.1 Å². The summed E-state index contributed by atoms with van der Waals surface area (Å²) in [4.78, 5) is 40.5. The minimum absolute atomic E-state index is 0.0239. The Labute approximate surface area is 478 Å². The molecule has 1 aromatic carbocycles. The largest absolute Gasteiger partial charge is 0.458 e. The van der Waals surface area contributed by atoms with Crippen LogP contribution in [0.4, 0.5) is 0 Å². The van der Waals surface area contributed by atoms with Crippen molar-refractivity contribution in [2.45, 2.75) is 240 Å². The summed E-state index contributed by atoms with van der Waals surface area (Å²) < 4.78 is 80.6. The zero-order valence-electron chi connectivity index (χ0n) is 48.4. The number of ketones is 1. The molecule has 3 saturated carbocycles. The third-order valence-electron chi connectivity index (χ3n) is 19.6. The molecule has 8 aliphatic rings. The van der Waals surface area contributed by atoms with Crippen molar-refractivity contribution in [3.05, 3.63) is 53.6 Å². The van der Waals surface area contributed by atoms with Crippen molar-refractivity contribution in [2.24, 2.45) is 22.7 Å². The quantitative estimate of drug-likeness (QED) is 0.0666. The molecule has 0 unspecified atom stereocenters. The summed E-state index contributed by atoms with van der Waals surface area (Å²) in [7, 11) is 4.46. The maximum Gasteiger partial charge on any atom is 0.331 e. The van der Waals surface area contributed by atoms with E-state index in [-0.39, 0.29) is 37.6 Å². The minimum atomic E-state index is -1.92. The Balaban J connectivity index is 0.848. The number of aliphatic hydroxyl groups excluding tert-OH is 5. The molecule has 0 aromatic heterocycles. The zero-order valence-corrected chi connectivity index (χ0v) is 48.4. The highest BCUT2D eigenvalue weighted by Gasteiger charge is 2.81. The van der Waals surface area contributed by atoms with Gasteiger partial charge in [-0.15, -0.1) is 0 Å². The summed E-state index contributed by atoms with van der Waals surface area (Å²) in [5.74, 6) is -3.44. The predicted molar refractivity (Wildman–Crippen MR) is 284 cm³/mol. The lowest BCUT2D eigenvalue weighted by molar-refractivity contribution is -0.373. The van der Waals surface area contributed by atoms with Crippen molar-refractivity contribution in [2.75, 3.05) is 27.9 Å². The van der Waals surface area contributed by atoms with Gasteiger partial charge in [0.05, 0.1) is 43.2 Å². The van der Waals surface area contributed by atoms with Crippen molar-refractivity contribution < 1.29 is 112 Å². The maximum absolute atomic E-state index is 14.0. The van der Waals surface area contributed by atoms with Gasteiger partial charge in [-0.2, -0.15) is 0 Å². The number of hydrogen-bond donors (Lipinski definition) is 7. The Morgan fingerprint density at radius 2 is 1.29 bits per heavy atom. The van der Waals surface area contributed by atoms with Crippen LogP contribution in [0.15, 0.2) is 48.1 Å². The number of Topliss-reactive ketones (excluding diaryl/α,β-unsaturated/α-hetero) is 1. The van der Waals surface area contributed by atoms with Crippen LogP contribution in [0.2, 0.25) is 0 Å². The molecule has 0 radical (unpaired) electrons. The van der Waals surface area contributed by atoms with Crippen LogP contribution < -0.4 is 0 Å². The lowest BCUT2D eigenvalue weighted by Crippen LogP contribution is -2.80. The lowest BCUT2D eigenvalue weighted by Gasteiger charge is -2.68. The fraction of sp³-hybridized carbons (Fsp3) is 0.780. The first-order valence-corrected chi connectivity index (χ1v) is 28.8. The summed E-state index contributed by atoms with van der Waals surface area (Å²) in [6.07, 6.45) is -14.6. The van der Waals surface area contributed by atoms with Crippen LogP contribution >= 0.6 is 0 Å². The van der Waals surface area contributed by atoms with Gasteiger partial charge >= 0.3 is 11.9 Å². The van der Waals surface area contributed by atoms with Gasteiger partial charge in [0, 0.05) is 64.4 Å². The van der Waals surface area contributed by atoms with Gasteiger partial charge in [-0.05, 0) is 83.3 Å². The normalized spacial score (nSPS) is 47.6. The number of hydrogen-bond acceptors (Lipinski definition) is 23. The molecule has 0 spiro atoms. The Morgan fingerprint density at radius 3 is 1.90 bits per heavy atom. The molecule has 7 N–H and O–H groups in total. The number of methoxy groups -OCH3 is 3.